The maximum absolute atomic E-state index is 11.4. The van der Waals surface area contributed by atoms with Gasteiger partial charge in [-0.2, -0.15) is 5.10 Å². The molecule has 0 aliphatic rings. The molecule has 0 radical (unpaired) electrons. The van der Waals surface area contributed by atoms with Gasteiger partial charge in [0.15, 0.2) is 0 Å². The van der Waals surface area contributed by atoms with Crippen LogP contribution < -0.4 is 0 Å². The molecule has 0 amide bonds. The summed E-state index contributed by atoms with van der Waals surface area (Å²) in [7, 11) is 1.42. The molecule has 0 unspecified atom stereocenters. The summed E-state index contributed by atoms with van der Waals surface area (Å²) in [6.07, 6.45) is 0.392. The highest BCUT2D eigenvalue weighted by Gasteiger charge is 2.14. The fourth-order valence-corrected chi connectivity index (χ4v) is 2.43. The molecular weight excluding hydrogens is 252 g/mol. The summed E-state index contributed by atoms with van der Waals surface area (Å²) in [4.78, 5) is 11.4. The van der Waals surface area contributed by atoms with Crippen LogP contribution in [0.4, 0.5) is 0 Å². The van der Waals surface area contributed by atoms with E-state index in [-0.39, 0.29) is 11.9 Å². The molecule has 1 aromatic heterocycles. The first-order valence-corrected chi connectivity index (χ1v) is 6.71. The summed E-state index contributed by atoms with van der Waals surface area (Å²) in [5.41, 5.74) is 5.44. The Morgan fingerprint density at radius 1 is 1.40 bits per heavy atom. The minimum atomic E-state index is -0.182. The van der Waals surface area contributed by atoms with Gasteiger partial charge < -0.3 is 4.74 Å². The topological polar surface area (TPSA) is 55.0 Å². The van der Waals surface area contributed by atoms with Gasteiger partial charge >= 0.3 is 5.97 Å². The molecule has 0 spiro atoms. The van der Waals surface area contributed by atoms with E-state index < -0.39 is 0 Å². The van der Waals surface area contributed by atoms with Crippen LogP contribution in [0.2, 0.25) is 0 Å². The lowest BCUT2D eigenvalue weighted by Gasteiger charge is -2.12. The van der Waals surface area contributed by atoms with Crippen LogP contribution in [0.15, 0.2) is 24.3 Å². The fourth-order valence-electron chi connectivity index (χ4n) is 2.43. The third-order valence-corrected chi connectivity index (χ3v) is 3.57. The van der Waals surface area contributed by atoms with Gasteiger partial charge in [-0.3, -0.25) is 9.89 Å². The largest absolute Gasteiger partial charge is 0.469 e. The second kappa shape index (κ2) is 5.90. The number of hydrogen-bond donors (Lipinski definition) is 1. The third kappa shape index (κ3) is 2.90. The summed E-state index contributed by atoms with van der Waals surface area (Å²) in [6.45, 7) is 6.04. The summed E-state index contributed by atoms with van der Waals surface area (Å²) in [5, 5.41) is 7.23. The number of H-pyrrole nitrogens is 1. The second-order valence-corrected chi connectivity index (χ2v) is 5.12. The second-order valence-electron chi connectivity index (χ2n) is 5.12. The van der Waals surface area contributed by atoms with Crippen molar-refractivity contribution in [2.75, 3.05) is 7.11 Å². The predicted molar refractivity (Wildman–Crippen MR) is 78.5 cm³/mol. The van der Waals surface area contributed by atoms with Gasteiger partial charge in [0.25, 0.3) is 0 Å². The average molecular weight is 272 g/mol. The van der Waals surface area contributed by atoms with Gasteiger partial charge in [-0.25, -0.2) is 0 Å². The Hall–Kier alpha value is -2.10. The van der Waals surface area contributed by atoms with Gasteiger partial charge in [0.05, 0.1) is 19.2 Å². The molecule has 2 rings (SSSR count). The number of aryl methyl sites for hydroxylation is 2. The van der Waals surface area contributed by atoms with Crippen LogP contribution in [-0.4, -0.2) is 23.3 Å². The first kappa shape index (κ1) is 14.3. The molecule has 2 aromatic rings. The van der Waals surface area contributed by atoms with E-state index in [2.05, 4.69) is 22.3 Å². The van der Waals surface area contributed by atoms with Crippen LogP contribution >= 0.6 is 0 Å². The molecule has 0 aliphatic heterocycles. The van der Waals surface area contributed by atoms with Gasteiger partial charge in [0.1, 0.15) is 0 Å². The Morgan fingerprint density at radius 3 is 2.75 bits per heavy atom. The molecule has 4 heteroatoms. The van der Waals surface area contributed by atoms with E-state index in [0.29, 0.717) is 6.42 Å². The van der Waals surface area contributed by atoms with Crippen LogP contribution in [-0.2, 0) is 9.53 Å². The van der Waals surface area contributed by atoms with Gasteiger partial charge in [-0.15, -0.1) is 0 Å². The zero-order valence-electron chi connectivity index (χ0n) is 12.4. The van der Waals surface area contributed by atoms with E-state index in [4.69, 9.17) is 4.74 Å². The molecule has 1 N–H and O–H groups in total. The number of rotatable bonds is 4. The zero-order valence-corrected chi connectivity index (χ0v) is 12.4. The number of carbonyl (C=O) groups excluding carboxylic acids is 1. The molecule has 0 aliphatic carbocycles. The van der Waals surface area contributed by atoms with E-state index >= 15 is 0 Å². The number of methoxy groups -OCH3 is 1. The number of carbonyl (C=O) groups is 1. The lowest BCUT2D eigenvalue weighted by molar-refractivity contribution is -0.140. The molecule has 1 atom stereocenters. The first-order chi connectivity index (χ1) is 9.52. The van der Waals surface area contributed by atoms with Crippen molar-refractivity contribution >= 4 is 5.97 Å². The highest BCUT2D eigenvalue weighted by atomic mass is 16.5. The Bertz CT molecular complexity index is 597. The summed E-state index contributed by atoms with van der Waals surface area (Å²) >= 11 is 0. The molecular formula is C16H20N2O2. The van der Waals surface area contributed by atoms with Crippen LogP contribution in [0.5, 0.6) is 0 Å². The standard InChI is InChI=1S/C16H20N2O2/c1-10(8-15(19)20-4)13-6-5-7-14(9-13)16-11(2)17-18-12(16)3/h5-7,9-10H,8H2,1-4H3,(H,17,18)/t10-/m0/s1. The molecule has 0 bridgehead atoms. The van der Waals surface area contributed by atoms with E-state index in [1.54, 1.807) is 0 Å². The van der Waals surface area contributed by atoms with Crippen LogP contribution in [0.1, 0.15) is 36.2 Å². The monoisotopic (exact) mass is 272 g/mol. The molecule has 0 saturated heterocycles. The summed E-state index contributed by atoms with van der Waals surface area (Å²) < 4.78 is 4.73. The molecule has 1 aromatic carbocycles. The van der Waals surface area contributed by atoms with Crippen LogP contribution in [0, 0.1) is 13.8 Å². The quantitative estimate of drug-likeness (QED) is 0.868. The lowest BCUT2D eigenvalue weighted by Crippen LogP contribution is -2.06. The van der Waals surface area contributed by atoms with Crippen molar-refractivity contribution < 1.29 is 9.53 Å². The molecule has 20 heavy (non-hydrogen) atoms. The number of nitrogens with one attached hydrogen (secondary N) is 1. The summed E-state index contributed by atoms with van der Waals surface area (Å²) in [5.74, 6) is -0.0477. The Kier molecular flexibility index (Phi) is 4.23. The molecule has 106 valence electrons. The first-order valence-electron chi connectivity index (χ1n) is 6.71. The number of ether oxygens (including phenoxy) is 1. The SMILES string of the molecule is COC(=O)C[C@H](C)c1cccc(-c2c(C)n[nH]c2C)c1. The van der Waals surface area contributed by atoms with Crippen LogP contribution in [0.3, 0.4) is 0 Å². The highest BCUT2D eigenvalue weighted by molar-refractivity contribution is 5.71. The number of esters is 1. The third-order valence-electron chi connectivity index (χ3n) is 3.57. The van der Waals surface area contributed by atoms with E-state index in [9.17, 15) is 4.79 Å². The van der Waals surface area contributed by atoms with Crippen molar-refractivity contribution in [2.24, 2.45) is 0 Å². The van der Waals surface area contributed by atoms with Crippen molar-refractivity contribution in [1.29, 1.82) is 0 Å². The Labute approximate surface area is 119 Å². The number of hydrogen-bond acceptors (Lipinski definition) is 3. The zero-order chi connectivity index (χ0) is 14.7. The smallest absolute Gasteiger partial charge is 0.306 e. The molecule has 0 saturated carbocycles. The summed E-state index contributed by atoms with van der Waals surface area (Å²) in [6, 6.07) is 8.25. The van der Waals surface area contributed by atoms with E-state index in [0.717, 1.165) is 28.1 Å². The van der Waals surface area contributed by atoms with Crippen LogP contribution in [0.25, 0.3) is 11.1 Å². The molecule has 1 heterocycles. The average Bonchev–Trinajstić information content (AvgIpc) is 2.78. The fraction of sp³-hybridized carbons (Fsp3) is 0.375. The molecule has 4 nitrogen and oxygen atoms in total. The normalized spacial score (nSPS) is 12.2. The van der Waals surface area contributed by atoms with Gasteiger partial charge in [0.2, 0.25) is 0 Å². The van der Waals surface area contributed by atoms with Crippen molar-refractivity contribution in [3.05, 3.63) is 41.2 Å². The van der Waals surface area contributed by atoms with E-state index in [1.807, 2.05) is 32.9 Å². The van der Waals surface area contributed by atoms with Crippen molar-refractivity contribution in [2.45, 2.75) is 33.1 Å². The predicted octanol–water partition coefficient (Wildman–Crippen LogP) is 3.36. The van der Waals surface area contributed by atoms with Crippen molar-refractivity contribution in [3.63, 3.8) is 0 Å². The minimum absolute atomic E-state index is 0.134. The lowest BCUT2D eigenvalue weighted by atomic mass is 9.93. The van der Waals surface area contributed by atoms with Crippen molar-refractivity contribution in [1.82, 2.24) is 10.2 Å². The maximum atomic E-state index is 11.4. The number of benzene rings is 1. The van der Waals surface area contributed by atoms with Gasteiger partial charge in [-0.05, 0) is 30.9 Å². The highest BCUT2D eigenvalue weighted by Crippen LogP contribution is 2.29. The minimum Gasteiger partial charge on any atom is -0.469 e. The van der Waals surface area contributed by atoms with Gasteiger partial charge in [-0.1, -0.05) is 31.2 Å². The Balaban J connectivity index is 2.31. The number of aromatic nitrogens is 2. The van der Waals surface area contributed by atoms with Crippen molar-refractivity contribution in [3.8, 4) is 11.1 Å². The van der Waals surface area contributed by atoms with E-state index in [1.165, 1.54) is 7.11 Å². The van der Waals surface area contributed by atoms with Gasteiger partial charge in [0, 0.05) is 11.3 Å². The maximum Gasteiger partial charge on any atom is 0.306 e. The Morgan fingerprint density at radius 2 is 2.15 bits per heavy atom. The number of aromatic amines is 1. The number of nitrogens with zero attached hydrogens (tertiary/aromatic N) is 1. The molecule has 0 fully saturated rings.